The average Bonchev–Trinajstić information content (AvgIpc) is 2.64. The molecule has 1 atom stereocenters. The summed E-state index contributed by atoms with van der Waals surface area (Å²) in [5.41, 5.74) is -1.11. The summed E-state index contributed by atoms with van der Waals surface area (Å²) in [5, 5.41) is 13.8. The van der Waals surface area contributed by atoms with Crippen LogP contribution in [0.1, 0.15) is 12.6 Å². The van der Waals surface area contributed by atoms with Crippen LogP contribution in [-0.2, 0) is 22.3 Å². The number of aliphatic carboxylic acids is 1. The number of hydrogen-bond donors (Lipinski definition) is 2. The zero-order valence-electron chi connectivity index (χ0n) is 9.23. The first-order valence-electron chi connectivity index (χ1n) is 4.83. The number of halogens is 3. The highest BCUT2D eigenvalue weighted by molar-refractivity contribution is 5.82. The van der Waals surface area contributed by atoms with Gasteiger partial charge in [0.2, 0.25) is 5.91 Å². The fourth-order valence-electron chi connectivity index (χ4n) is 1.10. The molecule has 0 aliphatic heterocycles. The molecule has 1 amide bonds. The SMILES string of the molecule is CC(NC(=O)Cn1ccc(C(F)(F)F)n1)C(=O)O. The molecule has 6 nitrogen and oxygen atoms in total. The molecule has 0 aromatic carbocycles. The van der Waals surface area contributed by atoms with E-state index >= 15 is 0 Å². The molecule has 0 aliphatic carbocycles. The van der Waals surface area contributed by atoms with Crippen LogP contribution < -0.4 is 5.32 Å². The van der Waals surface area contributed by atoms with E-state index in [1.807, 2.05) is 0 Å². The normalized spacial score (nSPS) is 13.1. The maximum Gasteiger partial charge on any atom is 0.435 e. The van der Waals surface area contributed by atoms with E-state index < -0.39 is 36.3 Å². The van der Waals surface area contributed by atoms with E-state index in [0.717, 1.165) is 16.9 Å². The maximum atomic E-state index is 12.2. The van der Waals surface area contributed by atoms with Crippen molar-refractivity contribution >= 4 is 11.9 Å². The van der Waals surface area contributed by atoms with E-state index in [1.54, 1.807) is 0 Å². The van der Waals surface area contributed by atoms with Crippen LogP contribution in [0.2, 0.25) is 0 Å². The molecule has 1 aromatic heterocycles. The smallest absolute Gasteiger partial charge is 0.435 e. The fraction of sp³-hybridized carbons (Fsp3) is 0.444. The molecule has 18 heavy (non-hydrogen) atoms. The van der Waals surface area contributed by atoms with Gasteiger partial charge < -0.3 is 10.4 Å². The number of carbonyl (C=O) groups excluding carboxylic acids is 1. The highest BCUT2D eigenvalue weighted by Crippen LogP contribution is 2.27. The molecule has 0 spiro atoms. The average molecular weight is 265 g/mol. The van der Waals surface area contributed by atoms with Crippen LogP contribution in [0, 0.1) is 0 Å². The number of alkyl halides is 3. The Bertz CT molecular complexity index is 455. The molecule has 1 unspecified atom stereocenters. The number of carboxylic acids is 1. The van der Waals surface area contributed by atoms with E-state index in [-0.39, 0.29) is 0 Å². The second-order valence-electron chi connectivity index (χ2n) is 3.52. The number of carbonyl (C=O) groups is 2. The van der Waals surface area contributed by atoms with Gasteiger partial charge in [-0.3, -0.25) is 14.3 Å². The third kappa shape index (κ3) is 3.75. The standard InChI is InChI=1S/C9H10F3N3O3/c1-5(8(17)18)13-7(16)4-15-3-2-6(14-15)9(10,11)12/h2-3,5H,4H2,1H3,(H,13,16)(H,17,18). The number of hydrogen-bond acceptors (Lipinski definition) is 3. The fourth-order valence-corrected chi connectivity index (χ4v) is 1.10. The van der Waals surface area contributed by atoms with Crippen molar-refractivity contribution in [3.63, 3.8) is 0 Å². The van der Waals surface area contributed by atoms with Crippen molar-refractivity contribution in [1.82, 2.24) is 15.1 Å². The van der Waals surface area contributed by atoms with Crippen molar-refractivity contribution in [2.45, 2.75) is 25.7 Å². The van der Waals surface area contributed by atoms with Crippen molar-refractivity contribution < 1.29 is 27.9 Å². The lowest BCUT2D eigenvalue weighted by atomic mass is 10.3. The van der Waals surface area contributed by atoms with Gasteiger partial charge in [0.15, 0.2) is 5.69 Å². The molecule has 2 N–H and O–H groups in total. The van der Waals surface area contributed by atoms with Crippen molar-refractivity contribution in [2.75, 3.05) is 0 Å². The van der Waals surface area contributed by atoms with Crippen LogP contribution in [0.15, 0.2) is 12.3 Å². The van der Waals surface area contributed by atoms with Gasteiger partial charge in [0.05, 0.1) is 0 Å². The Morgan fingerprint density at radius 3 is 2.61 bits per heavy atom. The van der Waals surface area contributed by atoms with Crippen molar-refractivity contribution in [2.24, 2.45) is 0 Å². The predicted molar refractivity (Wildman–Crippen MR) is 52.5 cm³/mol. The second-order valence-corrected chi connectivity index (χ2v) is 3.52. The quantitative estimate of drug-likeness (QED) is 0.829. The number of aromatic nitrogens is 2. The second kappa shape index (κ2) is 5.07. The molecule has 0 aliphatic rings. The van der Waals surface area contributed by atoms with Gasteiger partial charge >= 0.3 is 12.1 Å². The van der Waals surface area contributed by atoms with Crippen LogP contribution in [0.4, 0.5) is 13.2 Å². The Balaban J connectivity index is 2.60. The molecular weight excluding hydrogens is 255 g/mol. The van der Waals surface area contributed by atoms with Gasteiger partial charge in [0.25, 0.3) is 0 Å². The third-order valence-corrected chi connectivity index (χ3v) is 1.98. The first kappa shape index (κ1) is 14.0. The third-order valence-electron chi connectivity index (χ3n) is 1.98. The lowest BCUT2D eigenvalue weighted by Gasteiger charge is -2.09. The summed E-state index contributed by atoms with van der Waals surface area (Å²) in [6, 6.07) is -0.386. The molecule has 1 rings (SSSR count). The lowest BCUT2D eigenvalue weighted by molar-refractivity contribution is -0.141. The topological polar surface area (TPSA) is 84.2 Å². The molecule has 9 heteroatoms. The van der Waals surface area contributed by atoms with Crippen molar-refractivity contribution in [3.05, 3.63) is 18.0 Å². The van der Waals surface area contributed by atoms with Gasteiger partial charge in [0, 0.05) is 6.20 Å². The summed E-state index contributed by atoms with van der Waals surface area (Å²) < 4.78 is 37.4. The molecule has 0 radical (unpaired) electrons. The van der Waals surface area contributed by atoms with E-state index in [1.165, 1.54) is 6.92 Å². The predicted octanol–water partition coefficient (Wildman–Crippen LogP) is 0.491. The van der Waals surface area contributed by atoms with E-state index in [4.69, 9.17) is 5.11 Å². The molecule has 0 saturated heterocycles. The monoisotopic (exact) mass is 265 g/mol. The Morgan fingerprint density at radius 2 is 2.17 bits per heavy atom. The van der Waals surface area contributed by atoms with Crippen molar-refractivity contribution in [3.8, 4) is 0 Å². The molecule has 0 bridgehead atoms. The Morgan fingerprint density at radius 1 is 1.56 bits per heavy atom. The van der Waals surface area contributed by atoms with E-state index in [9.17, 15) is 22.8 Å². The van der Waals surface area contributed by atoms with Gasteiger partial charge in [-0.25, -0.2) is 0 Å². The number of nitrogens with one attached hydrogen (secondary N) is 1. The molecule has 1 aromatic rings. The van der Waals surface area contributed by atoms with Gasteiger partial charge in [-0.1, -0.05) is 0 Å². The number of amides is 1. The Labute approximate surface area is 99.4 Å². The van der Waals surface area contributed by atoms with Crippen LogP contribution >= 0.6 is 0 Å². The van der Waals surface area contributed by atoms with E-state index in [2.05, 4.69) is 10.4 Å². The molecule has 100 valence electrons. The summed E-state index contributed by atoms with van der Waals surface area (Å²) in [5.74, 6) is -1.97. The summed E-state index contributed by atoms with van der Waals surface area (Å²) in [6.07, 6.45) is -3.58. The van der Waals surface area contributed by atoms with Gasteiger partial charge in [0.1, 0.15) is 12.6 Å². The minimum atomic E-state index is -4.57. The first-order valence-corrected chi connectivity index (χ1v) is 4.83. The molecule has 0 saturated carbocycles. The van der Waals surface area contributed by atoms with Crippen LogP contribution in [0.3, 0.4) is 0 Å². The maximum absolute atomic E-state index is 12.2. The molecule has 0 fully saturated rings. The van der Waals surface area contributed by atoms with Crippen LogP contribution in [0.25, 0.3) is 0 Å². The first-order chi connectivity index (χ1) is 8.20. The Hall–Kier alpha value is -2.06. The largest absolute Gasteiger partial charge is 0.480 e. The highest BCUT2D eigenvalue weighted by atomic mass is 19.4. The molecule has 1 heterocycles. The summed E-state index contributed by atoms with van der Waals surface area (Å²) >= 11 is 0. The number of carboxylic acid groups (broad SMARTS) is 1. The number of rotatable bonds is 4. The van der Waals surface area contributed by atoms with Gasteiger partial charge in [-0.15, -0.1) is 0 Å². The minimum Gasteiger partial charge on any atom is -0.480 e. The zero-order valence-corrected chi connectivity index (χ0v) is 9.23. The molecular formula is C9H10F3N3O3. The lowest BCUT2D eigenvalue weighted by Crippen LogP contribution is -2.40. The zero-order chi connectivity index (χ0) is 13.9. The van der Waals surface area contributed by atoms with Gasteiger partial charge in [-0.05, 0) is 13.0 Å². The van der Waals surface area contributed by atoms with E-state index in [0.29, 0.717) is 0 Å². The highest BCUT2D eigenvalue weighted by Gasteiger charge is 2.33. The summed E-state index contributed by atoms with van der Waals surface area (Å²) in [4.78, 5) is 21.7. The summed E-state index contributed by atoms with van der Waals surface area (Å²) in [6.45, 7) is 0.762. The van der Waals surface area contributed by atoms with Crippen LogP contribution in [-0.4, -0.2) is 32.8 Å². The van der Waals surface area contributed by atoms with Crippen LogP contribution in [0.5, 0.6) is 0 Å². The Kier molecular flexibility index (Phi) is 3.94. The summed E-state index contributed by atoms with van der Waals surface area (Å²) in [7, 11) is 0. The minimum absolute atomic E-state index is 0.478. The van der Waals surface area contributed by atoms with Crippen molar-refractivity contribution in [1.29, 1.82) is 0 Å². The number of nitrogens with zero attached hydrogens (tertiary/aromatic N) is 2. The van der Waals surface area contributed by atoms with Gasteiger partial charge in [-0.2, -0.15) is 18.3 Å².